The van der Waals surface area contributed by atoms with Gasteiger partial charge in [0.15, 0.2) is 0 Å². The fourth-order valence-corrected chi connectivity index (χ4v) is 2.58. The zero-order valence-corrected chi connectivity index (χ0v) is 14.9. The topological polar surface area (TPSA) is 78.4 Å². The first kappa shape index (κ1) is 21.9. The van der Waals surface area contributed by atoms with Crippen molar-refractivity contribution in [3.05, 3.63) is 0 Å². The Bertz CT molecular complexity index is 296. The van der Waals surface area contributed by atoms with Crippen LogP contribution in [-0.4, -0.2) is 23.5 Å². The van der Waals surface area contributed by atoms with Crippen molar-refractivity contribution >= 4 is 11.9 Å². The van der Waals surface area contributed by atoms with Crippen molar-refractivity contribution < 1.29 is 14.7 Å². The maximum Gasteiger partial charge on any atom is 0.319 e. The van der Waals surface area contributed by atoms with E-state index in [0.29, 0.717) is 6.42 Å². The lowest BCUT2D eigenvalue weighted by molar-refractivity contribution is -0.136. The van der Waals surface area contributed by atoms with Crippen molar-refractivity contribution in [2.75, 3.05) is 6.54 Å². The van der Waals surface area contributed by atoms with Gasteiger partial charge < -0.3 is 5.11 Å². The molecule has 5 heteroatoms. The number of aliphatic carboxylic acids is 1. The Morgan fingerprint density at radius 1 is 0.739 bits per heavy atom. The molecule has 0 unspecified atom stereocenters. The van der Waals surface area contributed by atoms with Gasteiger partial charge in [-0.15, -0.1) is 0 Å². The van der Waals surface area contributed by atoms with E-state index in [-0.39, 0.29) is 12.5 Å². The molecule has 0 spiro atoms. The van der Waals surface area contributed by atoms with E-state index in [4.69, 9.17) is 5.11 Å². The van der Waals surface area contributed by atoms with Crippen molar-refractivity contribution in [2.24, 2.45) is 0 Å². The number of hydrogen-bond acceptors (Lipinski definition) is 3. The standard InChI is InChI=1S/C18H36N2O3/c1-2-3-4-5-6-7-8-9-10-11-12-13-14-15-17(21)20-19-16-18(22)23/h19H,2-16H2,1H3,(H,20,21)(H,22,23). The highest BCUT2D eigenvalue weighted by atomic mass is 16.4. The highest BCUT2D eigenvalue weighted by Crippen LogP contribution is 2.12. The molecule has 0 aromatic heterocycles. The maximum atomic E-state index is 11.4. The zero-order valence-electron chi connectivity index (χ0n) is 14.9. The van der Waals surface area contributed by atoms with Crippen LogP contribution in [0.4, 0.5) is 0 Å². The van der Waals surface area contributed by atoms with Crippen LogP contribution < -0.4 is 10.9 Å². The zero-order chi connectivity index (χ0) is 17.2. The SMILES string of the molecule is CCCCCCCCCCCCCCCC(=O)NNCC(=O)O. The molecule has 0 fully saturated rings. The average Bonchev–Trinajstić information content (AvgIpc) is 2.51. The van der Waals surface area contributed by atoms with Gasteiger partial charge in [0.2, 0.25) is 5.91 Å². The molecule has 0 heterocycles. The normalized spacial score (nSPS) is 10.7. The first-order valence-corrected chi connectivity index (χ1v) is 9.40. The first-order chi connectivity index (χ1) is 11.2. The van der Waals surface area contributed by atoms with Crippen molar-refractivity contribution in [3.63, 3.8) is 0 Å². The number of hydrogen-bond donors (Lipinski definition) is 3. The van der Waals surface area contributed by atoms with Crippen molar-refractivity contribution in [1.29, 1.82) is 0 Å². The highest BCUT2D eigenvalue weighted by Gasteiger charge is 2.01. The molecule has 136 valence electrons. The van der Waals surface area contributed by atoms with Crippen LogP contribution in [0.25, 0.3) is 0 Å². The van der Waals surface area contributed by atoms with Crippen LogP contribution >= 0.6 is 0 Å². The van der Waals surface area contributed by atoms with Gasteiger partial charge in [-0.1, -0.05) is 84.0 Å². The van der Waals surface area contributed by atoms with Crippen LogP contribution in [0.15, 0.2) is 0 Å². The molecule has 0 saturated heterocycles. The fraction of sp³-hybridized carbons (Fsp3) is 0.889. The van der Waals surface area contributed by atoms with Gasteiger partial charge in [0.05, 0.1) is 0 Å². The minimum absolute atomic E-state index is 0.130. The second-order valence-electron chi connectivity index (χ2n) is 6.29. The molecular formula is C18H36N2O3. The second kappa shape index (κ2) is 17.3. The largest absolute Gasteiger partial charge is 0.480 e. The van der Waals surface area contributed by atoms with E-state index in [0.717, 1.165) is 12.8 Å². The van der Waals surface area contributed by atoms with Crippen LogP contribution in [0, 0.1) is 0 Å². The third-order valence-corrected chi connectivity index (χ3v) is 3.97. The summed E-state index contributed by atoms with van der Waals surface area (Å²) >= 11 is 0. The molecule has 0 radical (unpaired) electrons. The van der Waals surface area contributed by atoms with Crippen LogP contribution in [-0.2, 0) is 9.59 Å². The second-order valence-corrected chi connectivity index (χ2v) is 6.29. The molecule has 0 aliphatic rings. The number of unbranched alkanes of at least 4 members (excludes halogenated alkanes) is 12. The lowest BCUT2D eigenvalue weighted by Gasteiger charge is -2.05. The summed E-state index contributed by atoms with van der Waals surface area (Å²) in [6, 6.07) is 0. The third-order valence-electron chi connectivity index (χ3n) is 3.97. The summed E-state index contributed by atoms with van der Waals surface area (Å²) in [7, 11) is 0. The van der Waals surface area contributed by atoms with Gasteiger partial charge in [0.25, 0.3) is 0 Å². The number of carbonyl (C=O) groups excluding carboxylic acids is 1. The average molecular weight is 328 g/mol. The highest BCUT2D eigenvalue weighted by molar-refractivity contribution is 5.76. The summed E-state index contributed by atoms with van der Waals surface area (Å²) in [5.74, 6) is -1.11. The number of nitrogens with one attached hydrogen (secondary N) is 2. The Kier molecular flexibility index (Phi) is 16.4. The van der Waals surface area contributed by atoms with Gasteiger partial charge in [-0.25, -0.2) is 5.43 Å². The maximum absolute atomic E-state index is 11.4. The number of rotatable bonds is 17. The Labute approximate surface area is 141 Å². The van der Waals surface area contributed by atoms with E-state index in [1.807, 2.05) is 0 Å². The number of carbonyl (C=O) groups is 2. The van der Waals surface area contributed by atoms with Crippen molar-refractivity contribution in [2.45, 2.75) is 96.8 Å². The minimum Gasteiger partial charge on any atom is -0.480 e. The van der Waals surface area contributed by atoms with Gasteiger partial charge in [-0.05, 0) is 6.42 Å². The third kappa shape index (κ3) is 18.9. The first-order valence-electron chi connectivity index (χ1n) is 9.40. The Morgan fingerprint density at radius 2 is 1.17 bits per heavy atom. The van der Waals surface area contributed by atoms with E-state index < -0.39 is 5.97 Å². The van der Waals surface area contributed by atoms with Gasteiger partial charge in [0, 0.05) is 6.42 Å². The van der Waals surface area contributed by atoms with Gasteiger partial charge in [-0.2, -0.15) is 0 Å². The number of carboxylic acids is 1. The Morgan fingerprint density at radius 3 is 1.61 bits per heavy atom. The van der Waals surface area contributed by atoms with E-state index >= 15 is 0 Å². The van der Waals surface area contributed by atoms with Crippen LogP contribution in [0.1, 0.15) is 96.8 Å². The molecule has 5 nitrogen and oxygen atoms in total. The Hall–Kier alpha value is -1.10. The van der Waals surface area contributed by atoms with Crippen LogP contribution in [0.2, 0.25) is 0 Å². The summed E-state index contributed by atoms with van der Waals surface area (Å²) in [4.78, 5) is 21.6. The molecule has 0 atom stereocenters. The molecule has 0 bridgehead atoms. The summed E-state index contributed by atoms with van der Waals surface area (Å²) in [6.07, 6.45) is 17.1. The summed E-state index contributed by atoms with van der Waals surface area (Å²) in [5.41, 5.74) is 4.77. The summed E-state index contributed by atoms with van der Waals surface area (Å²) < 4.78 is 0. The predicted molar refractivity (Wildman–Crippen MR) is 94.1 cm³/mol. The summed E-state index contributed by atoms with van der Waals surface area (Å²) in [5, 5.41) is 8.41. The molecule has 0 aromatic rings. The van der Waals surface area contributed by atoms with E-state index in [9.17, 15) is 9.59 Å². The van der Waals surface area contributed by atoms with E-state index in [1.54, 1.807) is 0 Å². The molecule has 23 heavy (non-hydrogen) atoms. The molecule has 0 rings (SSSR count). The fourth-order valence-electron chi connectivity index (χ4n) is 2.58. The quantitative estimate of drug-likeness (QED) is 0.276. The van der Waals surface area contributed by atoms with Gasteiger partial charge in [-0.3, -0.25) is 15.0 Å². The number of hydrazine groups is 1. The smallest absolute Gasteiger partial charge is 0.319 e. The van der Waals surface area contributed by atoms with Crippen molar-refractivity contribution in [3.8, 4) is 0 Å². The van der Waals surface area contributed by atoms with Gasteiger partial charge in [0.1, 0.15) is 6.54 Å². The lowest BCUT2D eigenvalue weighted by atomic mass is 10.0. The molecule has 3 N–H and O–H groups in total. The van der Waals surface area contributed by atoms with Crippen LogP contribution in [0.5, 0.6) is 0 Å². The molecule has 0 aliphatic heterocycles. The van der Waals surface area contributed by atoms with Crippen molar-refractivity contribution in [1.82, 2.24) is 10.9 Å². The van der Waals surface area contributed by atoms with Crippen LogP contribution in [0.3, 0.4) is 0 Å². The number of carboxylic acid groups (broad SMARTS) is 1. The monoisotopic (exact) mass is 328 g/mol. The molecular weight excluding hydrogens is 292 g/mol. The lowest BCUT2D eigenvalue weighted by Crippen LogP contribution is -2.40. The number of amides is 1. The molecule has 1 amide bonds. The predicted octanol–water partition coefficient (Wildman–Crippen LogP) is 4.17. The summed E-state index contributed by atoms with van der Waals surface area (Å²) in [6.45, 7) is 2.01. The molecule has 0 aromatic carbocycles. The molecule has 0 saturated carbocycles. The van der Waals surface area contributed by atoms with E-state index in [1.165, 1.54) is 70.6 Å². The molecule has 0 aliphatic carbocycles. The van der Waals surface area contributed by atoms with Gasteiger partial charge >= 0.3 is 5.97 Å². The van der Waals surface area contributed by atoms with E-state index in [2.05, 4.69) is 17.8 Å². The minimum atomic E-state index is -0.980. The Balaban J connectivity index is 3.12.